The second-order valence-electron chi connectivity index (χ2n) is 7.80. The molecule has 0 bridgehead atoms. The Morgan fingerprint density at radius 1 is 1.30 bits per heavy atom. The van der Waals surface area contributed by atoms with E-state index in [1.807, 2.05) is 6.20 Å². The van der Waals surface area contributed by atoms with Crippen molar-refractivity contribution in [1.82, 2.24) is 24.8 Å². The van der Waals surface area contributed by atoms with Gasteiger partial charge in [-0.05, 0) is 37.5 Å². The number of benzene rings is 1. The maximum Gasteiger partial charge on any atom is 0.226 e. The number of H-pyrrole nitrogens is 1. The fraction of sp³-hybridized carbons (Fsp3) is 0.429. The molecule has 1 fully saturated rings. The van der Waals surface area contributed by atoms with Gasteiger partial charge in [0.05, 0.1) is 18.2 Å². The van der Waals surface area contributed by atoms with Crippen LogP contribution in [0.4, 0.5) is 0 Å². The Morgan fingerprint density at radius 2 is 2.19 bits per heavy atom. The van der Waals surface area contributed by atoms with Crippen LogP contribution in [0.15, 0.2) is 36.7 Å². The Morgan fingerprint density at radius 3 is 3.04 bits per heavy atom. The Balaban J connectivity index is 1.32. The zero-order valence-electron chi connectivity index (χ0n) is 15.6. The molecule has 27 heavy (non-hydrogen) atoms. The molecule has 5 rings (SSSR count). The van der Waals surface area contributed by atoms with Crippen LogP contribution in [0.1, 0.15) is 42.9 Å². The normalized spacial score (nSPS) is 20.0. The van der Waals surface area contributed by atoms with Crippen LogP contribution < -0.4 is 5.32 Å². The van der Waals surface area contributed by atoms with Crippen molar-refractivity contribution in [3.63, 3.8) is 0 Å². The summed E-state index contributed by atoms with van der Waals surface area (Å²) in [5.74, 6) is 1.16. The van der Waals surface area contributed by atoms with Gasteiger partial charge in [-0.1, -0.05) is 12.1 Å². The van der Waals surface area contributed by atoms with E-state index in [0.717, 1.165) is 44.0 Å². The fourth-order valence-electron chi connectivity index (χ4n) is 4.07. The van der Waals surface area contributed by atoms with Gasteiger partial charge in [0.15, 0.2) is 0 Å². The molecule has 1 amide bonds. The molecular weight excluding hydrogens is 338 g/mol. The van der Waals surface area contributed by atoms with Crippen molar-refractivity contribution in [1.29, 1.82) is 0 Å². The molecule has 6 heteroatoms. The van der Waals surface area contributed by atoms with Crippen molar-refractivity contribution < 1.29 is 4.79 Å². The molecule has 3 heterocycles. The summed E-state index contributed by atoms with van der Waals surface area (Å²) in [5.41, 5.74) is 3.40. The number of rotatable bonds is 5. The molecule has 3 aromatic rings. The monoisotopic (exact) mass is 363 g/mol. The molecule has 6 nitrogen and oxygen atoms in total. The van der Waals surface area contributed by atoms with E-state index >= 15 is 0 Å². The maximum atomic E-state index is 12.1. The lowest BCUT2D eigenvalue weighted by atomic mass is 10.1. The van der Waals surface area contributed by atoms with Crippen LogP contribution in [0.5, 0.6) is 0 Å². The number of aromatic nitrogens is 3. The van der Waals surface area contributed by atoms with E-state index in [1.165, 1.54) is 16.5 Å². The quantitative estimate of drug-likeness (QED) is 0.733. The van der Waals surface area contributed by atoms with Crippen molar-refractivity contribution in [3.05, 3.63) is 53.7 Å². The third-order valence-electron chi connectivity index (χ3n) is 5.75. The fourth-order valence-corrected chi connectivity index (χ4v) is 4.07. The molecule has 140 valence electrons. The van der Waals surface area contributed by atoms with Gasteiger partial charge in [-0.25, -0.2) is 4.98 Å². The summed E-state index contributed by atoms with van der Waals surface area (Å²) in [7, 11) is 0. The first-order valence-corrected chi connectivity index (χ1v) is 9.82. The maximum absolute atomic E-state index is 12.1. The molecule has 1 saturated carbocycles. The Kier molecular flexibility index (Phi) is 4.01. The Hall–Kier alpha value is -2.60. The third-order valence-corrected chi connectivity index (χ3v) is 5.75. The summed E-state index contributed by atoms with van der Waals surface area (Å²) in [6.45, 7) is 5.02. The lowest BCUT2D eigenvalue weighted by Crippen LogP contribution is -2.36. The zero-order chi connectivity index (χ0) is 18.4. The first-order chi connectivity index (χ1) is 13.2. The largest absolute Gasteiger partial charge is 0.361 e. The van der Waals surface area contributed by atoms with Gasteiger partial charge < -0.3 is 14.9 Å². The molecule has 0 radical (unpaired) electrons. The molecule has 0 spiro atoms. The van der Waals surface area contributed by atoms with Gasteiger partial charge >= 0.3 is 0 Å². The van der Waals surface area contributed by atoms with Crippen LogP contribution in [0, 0.1) is 0 Å². The molecule has 2 N–H and O–H groups in total. The van der Waals surface area contributed by atoms with Gasteiger partial charge in [0.2, 0.25) is 5.91 Å². The molecule has 1 aliphatic carbocycles. The molecule has 1 aliphatic heterocycles. The van der Waals surface area contributed by atoms with Crippen molar-refractivity contribution in [3.8, 4) is 0 Å². The van der Waals surface area contributed by atoms with Gasteiger partial charge in [0, 0.05) is 49.0 Å². The van der Waals surface area contributed by atoms with Gasteiger partial charge in [-0.2, -0.15) is 0 Å². The van der Waals surface area contributed by atoms with Crippen LogP contribution >= 0.6 is 0 Å². The summed E-state index contributed by atoms with van der Waals surface area (Å²) >= 11 is 0. The number of carbonyl (C=O) groups excluding carboxylic acids is 1. The van der Waals surface area contributed by atoms with E-state index < -0.39 is 0 Å². The third kappa shape index (κ3) is 3.25. The number of carbonyl (C=O) groups is 1. The number of nitrogens with one attached hydrogen (secondary N) is 2. The summed E-state index contributed by atoms with van der Waals surface area (Å²) in [5, 5.41) is 4.34. The van der Waals surface area contributed by atoms with Crippen molar-refractivity contribution in [2.24, 2.45) is 0 Å². The number of fused-ring (bicyclic) bond motifs is 2. The smallest absolute Gasteiger partial charge is 0.226 e. The second-order valence-corrected chi connectivity index (χ2v) is 7.80. The molecule has 2 aromatic heterocycles. The predicted octanol–water partition coefficient (Wildman–Crippen LogP) is 2.76. The molecule has 0 saturated heterocycles. The first-order valence-electron chi connectivity index (χ1n) is 9.82. The highest BCUT2D eigenvalue weighted by molar-refractivity contribution is 5.82. The highest BCUT2D eigenvalue weighted by Gasteiger charge is 2.28. The molecule has 2 aliphatic rings. The van der Waals surface area contributed by atoms with E-state index in [2.05, 4.69) is 57.2 Å². The van der Waals surface area contributed by atoms with E-state index in [0.29, 0.717) is 12.5 Å². The van der Waals surface area contributed by atoms with Crippen molar-refractivity contribution in [2.75, 3.05) is 6.54 Å². The first kappa shape index (κ1) is 16.6. The van der Waals surface area contributed by atoms with E-state index in [9.17, 15) is 4.79 Å². The zero-order valence-corrected chi connectivity index (χ0v) is 15.6. The topological polar surface area (TPSA) is 66.0 Å². The average molecular weight is 363 g/mol. The molecule has 1 unspecified atom stereocenters. The van der Waals surface area contributed by atoms with E-state index in [1.54, 1.807) is 0 Å². The number of aromatic amines is 1. The summed E-state index contributed by atoms with van der Waals surface area (Å²) in [6.07, 6.45) is 6.67. The predicted molar refractivity (Wildman–Crippen MR) is 104 cm³/mol. The van der Waals surface area contributed by atoms with Crippen LogP contribution in [0.25, 0.3) is 10.9 Å². The van der Waals surface area contributed by atoms with Gasteiger partial charge in [0.1, 0.15) is 5.82 Å². The highest BCUT2D eigenvalue weighted by Crippen LogP contribution is 2.28. The SMILES string of the molecule is CC1c2nc(CC(=O)NC3CC3)cn2CCN1Cc1cccc2[nH]ccc12. The minimum Gasteiger partial charge on any atom is -0.361 e. The molecule has 1 aromatic carbocycles. The number of amides is 1. The summed E-state index contributed by atoms with van der Waals surface area (Å²) in [6, 6.07) is 9.22. The lowest BCUT2D eigenvalue weighted by molar-refractivity contribution is -0.120. The minimum absolute atomic E-state index is 0.0941. The second kappa shape index (κ2) is 6.53. The number of hydrogen-bond acceptors (Lipinski definition) is 3. The summed E-state index contributed by atoms with van der Waals surface area (Å²) in [4.78, 5) is 22.6. The van der Waals surface area contributed by atoms with Crippen LogP contribution in [-0.2, 0) is 24.3 Å². The van der Waals surface area contributed by atoms with Gasteiger partial charge in [-0.15, -0.1) is 0 Å². The van der Waals surface area contributed by atoms with Crippen LogP contribution in [0.3, 0.4) is 0 Å². The van der Waals surface area contributed by atoms with Gasteiger partial charge in [-0.3, -0.25) is 9.69 Å². The van der Waals surface area contributed by atoms with Crippen LogP contribution in [0.2, 0.25) is 0 Å². The standard InChI is InChI=1S/C21H25N5O/c1-14-21-24-17(11-20(27)23-16-5-6-16)13-26(21)10-9-25(14)12-15-3-2-4-19-18(15)7-8-22-19/h2-4,7-8,13-14,16,22H,5-6,9-12H2,1H3,(H,23,27). The minimum atomic E-state index is 0.0941. The van der Waals surface area contributed by atoms with Gasteiger partial charge in [0.25, 0.3) is 0 Å². The molecular formula is C21H25N5O. The molecule has 1 atom stereocenters. The lowest BCUT2D eigenvalue weighted by Gasteiger charge is -2.33. The average Bonchev–Trinajstić information content (AvgIpc) is 3.17. The number of hydrogen-bond donors (Lipinski definition) is 2. The number of imidazole rings is 1. The van der Waals surface area contributed by atoms with E-state index in [4.69, 9.17) is 4.98 Å². The Bertz CT molecular complexity index is 984. The van der Waals surface area contributed by atoms with Crippen molar-refractivity contribution in [2.45, 2.75) is 51.4 Å². The summed E-state index contributed by atoms with van der Waals surface area (Å²) < 4.78 is 2.22. The highest BCUT2D eigenvalue weighted by atomic mass is 16.1. The van der Waals surface area contributed by atoms with Crippen molar-refractivity contribution >= 4 is 16.8 Å². The Labute approximate surface area is 158 Å². The van der Waals surface area contributed by atoms with E-state index in [-0.39, 0.29) is 11.9 Å². The van der Waals surface area contributed by atoms with Crippen LogP contribution in [-0.4, -0.2) is 37.9 Å². The number of nitrogens with zero attached hydrogens (tertiary/aromatic N) is 3.